The number of carbonyl (C=O) groups excluding carboxylic acids is 1. The van der Waals surface area contributed by atoms with E-state index in [1.54, 1.807) is 36.4 Å². The third-order valence-corrected chi connectivity index (χ3v) is 6.04. The number of carbonyl (C=O) groups is 1. The lowest BCUT2D eigenvalue weighted by Crippen LogP contribution is -2.52. The van der Waals surface area contributed by atoms with Gasteiger partial charge in [-0.15, -0.1) is 0 Å². The topological polar surface area (TPSA) is 101 Å². The Kier molecular flexibility index (Phi) is 5.29. The highest BCUT2D eigenvalue weighted by molar-refractivity contribution is 7.92. The third kappa shape index (κ3) is 4.23. The van der Waals surface area contributed by atoms with Crippen LogP contribution in [-0.4, -0.2) is 19.9 Å². The van der Waals surface area contributed by atoms with Gasteiger partial charge in [-0.1, -0.05) is 37.5 Å². The smallest absolute Gasteiger partial charge is 0.261 e. The summed E-state index contributed by atoms with van der Waals surface area (Å²) in [4.78, 5) is 12.6. The molecule has 2 aromatic carbocycles. The Morgan fingerprint density at radius 1 is 0.885 bits per heavy atom. The Balaban J connectivity index is 1.69. The van der Waals surface area contributed by atoms with Crippen LogP contribution >= 0.6 is 0 Å². The average Bonchev–Trinajstić information content (AvgIpc) is 2.63. The predicted octanol–water partition coefficient (Wildman–Crippen LogP) is 3.09. The van der Waals surface area contributed by atoms with Gasteiger partial charge in [-0.25, -0.2) is 8.42 Å². The van der Waals surface area contributed by atoms with Crippen molar-refractivity contribution < 1.29 is 13.2 Å². The van der Waals surface area contributed by atoms with Gasteiger partial charge in [0.2, 0.25) is 5.91 Å². The van der Waals surface area contributed by atoms with Crippen molar-refractivity contribution in [3.05, 3.63) is 54.6 Å². The van der Waals surface area contributed by atoms with Crippen LogP contribution in [0.15, 0.2) is 59.5 Å². The predicted molar refractivity (Wildman–Crippen MR) is 102 cm³/mol. The molecule has 0 heterocycles. The molecule has 1 aliphatic rings. The van der Waals surface area contributed by atoms with E-state index >= 15 is 0 Å². The first-order valence-corrected chi connectivity index (χ1v) is 10.2. The van der Waals surface area contributed by atoms with E-state index in [0.29, 0.717) is 24.2 Å². The zero-order chi connectivity index (χ0) is 18.6. The van der Waals surface area contributed by atoms with Gasteiger partial charge in [0, 0.05) is 11.4 Å². The summed E-state index contributed by atoms with van der Waals surface area (Å²) in [5.74, 6) is -0.213. The number of hydrogen-bond acceptors (Lipinski definition) is 4. The summed E-state index contributed by atoms with van der Waals surface area (Å²) >= 11 is 0. The molecule has 0 aromatic heterocycles. The van der Waals surface area contributed by atoms with Crippen molar-refractivity contribution in [2.75, 3.05) is 10.0 Å². The molecule has 0 radical (unpaired) electrons. The molecule has 0 saturated heterocycles. The van der Waals surface area contributed by atoms with E-state index in [2.05, 4.69) is 10.0 Å². The van der Waals surface area contributed by atoms with Crippen molar-refractivity contribution in [1.82, 2.24) is 0 Å². The fourth-order valence-electron chi connectivity index (χ4n) is 3.10. The molecule has 0 bridgehead atoms. The molecule has 1 saturated carbocycles. The lowest BCUT2D eigenvalue weighted by molar-refractivity contribution is -0.122. The fourth-order valence-corrected chi connectivity index (χ4v) is 4.16. The Bertz CT molecular complexity index is 859. The van der Waals surface area contributed by atoms with Crippen molar-refractivity contribution >= 4 is 27.3 Å². The van der Waals surface area contributed by atoms with E-state index in [1.165, 1.54) is 12.1 Å². The fraction of sp³-hybridized carbons (Fsp3) is 0.316. The first-order chi connectivity index (χ1) is 12.4. The summed E-state index contributed by atoms with van der Waals surface area (Å²) in [6, 6.07) is 14.7. The average molecular weight is 373 g/mol. The quantitative estimate of drug-likeness (QED) is 0.749. The van der Waals surface area contributed by atoms with Crippen LogP contribution in [0.5, 0.6) is 0 Å². The van der Waals surface area contributed by atoms with Crippen LogP contribution in [0.4, 0.5) is 11.4 Å². The molecule has 0 atom stereocenters. The third-order valence-electron chi connectivity index (χ3n) is 4.65. The number of amides is 1. The lowest BCUT2D eigenvalue weighted by atomic mass is 9.82. The molecule has 2 aromatic rings. The zero-order valence-electron chi connectivity index (χ0n) is 14.4. The first kappa shape index (κ1) is 18.4. The molecule has 0 spiro atoms. The standard InChI is InChI=1S/C19H23N3O3S/c20-19(13-5-2-6-14-19)18(23)21-15-9-11-17(12-10-15)26(24,25)22-16-7-3-1-4-8-16/h1,3-4,7-12,22H,2,5-6,13-14,20H2,(H,21,23). The van der Waals surface area contributed by atoms with Gasteiger partial charge in [-0.05, 0) is 49.2 Å². The second-order valence-electron chi connectivity index (χ2n) is 6.67. The number of sulfonamides is 1. The van der Waals surface area contributed by atoms with Crippen molar-refractivity contribution in [2.45, 2.75) is 42.5 Å². The number of anilines is 2. The summed E-state index contributed by atoms with van der Waals surface area (Å²) < 4.78 is 27.3. The van der Waals surface area contributed by atoms with Crippen LogP contribution in [0.1, 0.15) is 32.1 Å². The van der Waals surface area contributed by atoms with Crippen LogP contribution in [0, 0.1) is 0 Å². The normalized spacial score (nSPS) is 16.7. The van der Waals surface area contributed by atoms with Crippen molar-refractivity contribution in [2.24, 2.45) is 5.73 Å². The van der Waals surface area contributed by atoms with Crippen LogP contribution in [-0.2, 0) is 14.8 Å². The molecule has 0 unspecified atom stereocenters. The second-order valence-corrected chi connectivity index (χ2v) is 8.35. The molecule has 6 nitrogen and oxygen atoms in total. The first-order valence-electron chi connectivity index (χ1n) is 8.67. The van der Waals surface area contributed by atoms with Crippen molar-refractivity contribution in [1.29, 1.82) is 0 Å². The zero-order valence-corrected chi connectivity index (χ0v) is 15.3. The van der Waals surface area contributed by atoms with Crippen molar-refractivity contribution in [3.8, 4) is 0 Å². The maximum Gasteiger partial charge on any atom is 0.261 e. The van der Waals surface area contributed by atoms with Crippen LogP contribution < -0.4 is 15.8 Å². The number of benzene rings is 2. The molecule has 0 aliphatic heterocycles. The molecule has 1 fully saturated rings. The minimum atomic E-state index is -3.68. The van der Waals surface area contributed by atoms with Gasteiger partial charge in [0.15, 0.2) is 0 Å². The van der Waals surface area contributed by atoms with Crippen LogP contribution in [0.3, 0.4) is 0 Å². The summed E-state index contributed by atoms with van der Waals surface area (Å²) in [5.41, 5.74) is 6.41. The van der Waals surface area contributed by atoms with Crippen LogP contribution in [0.25, 0.3) is 0 Å². The number of nitrogens with one attached hydrogen (secondary N) is 2. The molecule has 1 aliphatic carbocycles. The largest absolute Gasteiger partial charge is 0.324 e. The lowest BCUT2D eigenvalue weighted by Gasteiger charge is -2.31. The van der Waals surface area contributed by atoms with Gasteiger partial charge in [0.25, 0.3) is 10.0 Å². The summed E-state index contributed by atoms with van der Waals surface area (Å²) in [6.45, 7) is 0. The van der Waals surface area contributed by atoms with Gasteiger partial charge in [0.1, 0.15) is 0 Å². The minimum absolute atomic E-state index is 0.125. The Hall–Kier alpha value is -2.38. The van der Waals surface area contributed by atoms with E-state index in [9.17, 15) is 13.2 Å². The number of rotatable bonds is 5. The Labute approximate surface area is 153 Å². The van der Waals surface area contributed by atoms with Crippen LogP contribution in [0.2, 0.25) is 0 Å². The Morgan fingerprint density at radius 2 is 1.50 bits per heavy atom. The van der Waals surface area contributed by atoms with Gasteiger partial charge >= 0.3 is 0 Å². The van der Waals surface area contributed by atoms with E-state index in [-0.39, 0.29) is 10.8 Å². The Morgan fingerprint density at radius 3 is 2.12 bits per heavy atom. The highest BCUT2D eigenvalue weighted by Gasteiger charge is 2.35. The summed E-state index contributed by atoms with van der Waals surface area (Å²) in [5, 5.41) is 2.80. The van der Waals surface area contributed by atoms with E-state index < -0.39 is 15.6 Å². The van der Waals surface area contributed by atoms with Gasteiger partial charge in [-0.2, -0.15) is 0 Å². The van der Waals surface area contributed by atoms with Gasteiger partial charge in [0.05, 0.1) is 10.4 Å². The molecule has 4 N–H and O–H groups in total. The van der Waals surface area contributed by atoms with Crippen molar-refractivity contribution in [3.63, 3.8) is 0 Å². The van der Waals surface area contributed by atoms with E-state index in [1.807, 2.05) is 6.07 Å². The highest BCUT2D eigenvalue weighted by Crippen LogP contribution is 2.27. The van der Waals surface area contributed by atoms with E-state index in [0.717, 1.165) is 19.3 Å². The maximum atomic E-state index is 12.4. The molecule has 7 heteroatoms. The molecular weight excluding hydrogens is 350 g/mol. The molecular formula is C19H23N3O3S. The number of hydrogen-bond donors (Lipinski definition) is 3. The SMILES string of the molecule is NC1(C(=O)Nc2ccc(S(=O)(=O)Nc3ccccc3)cc2)CCCCC1. The molecule has 26 heavy (non-hydrogen) atoms. The second kappa shape index (κ2) is 7.47. The van der Waals surface area contributed by atoms with E-state index in [4.69, 9.17) is 5.73 Å². The minimum Gasteiger partial charge on any atom is -0.324 e. The highest BCUT2D eigenvalue weighted by atomic mass is 32.2. The summed E-state index contributed by atoms with van der Waals surface area (Å²) in [6.07, 6.45) is 4.35. The molecule has 138 valence electrons. The molecule has 3 rings (SSSR count). The monoisotopic (exact) mass is 373 g/mol. The van der Waals surface area contributed by atoms with Gasteiger partial charge < -0.3 is 11.1 Å². The number of para-hydroxylation sites is 1. The van der Waals surface area contributed by atoms with Gasteiger partial charge in [-0.3, -0.25) is 9.52 Å². The molecule has 1 amide bonds. The summed E-state index contributed by atoms with van der Waals surface area (Å²) in [7, 11) is -3.68. The number of nitrogens with two attached hydrogens (primary N) is 1. The maximum absolute atomic E-state index is 12.4.